The maximum atomic E-state index is 10.4. The molecular weight excluding hydrogens is 226 g/mol. The highest BCUT2D eigenvalue weighted by Gasteiger charge is 2.30. The fourth-order valence-corrected chi connectivity index (χ4v) is 2.60. The van der Waals surface area contributed by atoms with E-state index in [9.17, 15) is 5.11 Å². The van der Waals surface area contributed by atoms with Crippen LogP contribution in [0.4, 0.5) is 0 Å². The first kappa shape index (κ1) is 11.3. The number of rotatable bonds is 2. The molecule has 1 aliphatic carbocycles. The van der Waals surface area contributed by atoms with Crippen molar-refractivity contribution in [3.63, 3.8) is 0 Å². The van der Waals surface area contributed by atoms with Crippen LogP contribution in [0.3, 0.4) is 0 Å². The summed E-state index contributed by atoms with van der Waals surface area (Å²) in [6, 6.07) is 5.79. The maximum Gasteiger partial charge on any atom is 0.157 e. The number of nitrogens with zero attached hydrogens (tertiary/aromatic N) is 3. The van der Waals surface area contributed by atoms with Gasteiger partial charge < -0.3 is 5.11 Å². The van der Waals surface area contributed by atoms with Crippen molar-refractivity contribution in [1.82, 2.24) is 15.0 Å². The Bertz CT molecular complexity index is 530. The van der Waals surface area contributed by atoms with Gasteiger partial charge in [-0.15, -0.1) is 0 Å². The number of pyridine rings is 1. The van der Waals surface area contributed by atoms with Crippen molar-refractivity contribution >= 4 is 0 Å². The maximum absolute atomic E-state index is 10.4. The van der Waals surface area contributed by atoms with E-state index in [1.165, 1.54) is 5.56 Å². The Hall–Kier alpha value is -1.81. The third-order valence-corrected chi connectivity index (χ3v) is 3.47. The molecule has 0 saturated heterocycles. The molecule has 0 fully saturated rings. The van der Waals surface area contributed by atoms with Crippen molar-refractivity contribution in [2.45, 2.75) is 31.3 Å². The van der Waals surface area contributed by atoms with Crippen molar-refractivity contribution in [3.05, 3.63) is 53.9 Å². The monoisotopic (exact) mass is 241 g/mol. The minimum absolute atomic E-state index is 0.0114. The van der Waals surface area contributed by atoms with Gasteiger partial charge in [-0.3, -0.25) is 4.98 Å². The minimum Gasteiger partial charge on any atom is -0.384 e. The Morgan fingerprint density at radius 2 is 1.89 bits per heavy atom. The summed E-state index contributed by atoms with van der Waals surface area (Å²) >= 11 is 0. The Morgan fingerprint density at radius 1 is 1.11 bits per heavy atom. The number of fused-ring (bicyclic) bond motifs is 1. The molecule has 4 nitrogen and oxygen atoms in total. The van der Waals surface area contributed by atoms with Crippen LogP contribution in [0.5, 0.6) is 0 Å². The highest BCUT2D eigenvalue weighted by atomic mass is 16.3. The van der Waals surface area contributed by atoms with Crippen molar-refractivity contribution in [1.29, 1.82) is 0 Å². The second kappa shape index (κ2) is 4.82. The SMILES string of the molecule is OC(c1ncccn1)C1CCCc2cccnc21. The Morgan fingerprint density at radius 3 is 2.72 bits per heavy atom. The van der Waals surface area contributed by atoms with Gasteiger partial charge in [-0.1, -0.05) is 6.07 Å². The summed E-state index contributed by atoms with van der Waals surface area (Å²) in [6.07, 6.45) is 7.50. The van der Waals surface area contributed by atoms with Crippen LogP contribution in [0.1, 0.15) is 41.9 Å². The van der Waals surface area contributed by atoms with E-state index < -0.39 is 6.10 Å². The number of aliphatic hydroxyl groups is 1. The van der Waals surface area contributed by atoms with Gasteiger partial charge in [-0.2, -0.15) is 0 Å². The van der Waals surface area contributed by atoms with Crippen molar-refractivity contribution in [2.24, 2.45) is 0 Å². The summed E-state index contributed by atoms with van der Waals surface area (Å²) in [5.74, 6) is 0.498. The van der Waals surface area contributed by atoms with Gasteiger partial charge in [0.05, 0.1) is 0 Å². The smallest absolute Gasteiger partial charge is 0.157 e. The molecule has 0 aliphatic heterocycles. The molecule has 1 aliphatic rings. The molecule has 0 bridgehead atoms. The van der Waals surface area contributed by atoms with Gasteiger partial charge >= 0.3 is 0 Å². The molecule has 18 heavy (non-hydrogen) atoms. The predicted molar refractivity (Wildman–Crippen MR) is 66.9 cm³/mol. The quantitative estimate of drug-likeness (QED) is 0.874. The first-order valence-electron chi connectivity index (χ1n) is 6.25. The zero-order valence-electron chi connectivity index (χ0n) is 10.0. The molecule has 0 saturated carbocycles. The predicted octanol–water partition coefficient (Wildman–Crippen LogP) is 2.03. The lowest BCUT2D eigenvalue weighted by atomic mass is 9.83. The van der Waals surface area contributed by atoms with E-state index in [0.717, 1.165) is 25.0 Å². The first-order chi connectivity index (χ1) is 8.86. The molecule has 2 aromatic rings. The van der Waals surface area contributed by atoms with Crippen molar-refractivity contribution in [3.8, 4) is 0 Å². The first-order valence-corrected chi connectivity index (χ1v) is 6.25. The van der Waals surface area contributed by atoms with Crippen LogP contribution in [-0.2, 0) is 6.42 Å². The second-order valence-electron chi connectivity index (χ2n) is 4.60. The molecule has 0 radical (unpaired) electrons. The van der Waals surface area contributed by atoms with E-state index in [2.05, 4.69) is 21.0 Å². The van der Waals surface area contributed by atoms with Gasteiger partial charge in [-0.05, 0) is 37.0 Å². The second-order valence-corrected chi connectivity index (χ2v) is 4.60. The largest absolute Gasteiger partial charge is 0.384 e. The summed E-state index contributed by atoms with van der Waals surface area (Å²) in [5, 5.41) is 10.4. The Kier molecular flexibility index (Phi) is 3.02. The van der Waals surface area contributed by atoms with Gasteiger partial charge in [0.25, 0.3) is 0 Å². The molecule has 0 aromatic carbocycles. The van der Waals surface area contributed by atoms with Crippen LogP contribution in [0.2, 0.25) is 0 Å². The average molecular weight is 241 g/mol. The minimum atomic E-state index is -0.667. The molecule has 92 valence electrons. The zero-order chi connectivity index (χ0) is 12.4. The highest BCUT2D eigenvalue weighted by Crippen LogP contribution is 2.37. The van der Waals surface area contributed by atoms with Crippen LogP contribution in [-0.4, -0.2) is 20.1 Å². The van der Waals surface area contributed by atoms with Crippen LogP contribution in [0, 0.1) is 0 Å². The van der Waals surface area contributed by atoms with Gasteiger partial charge in [0.2, 0.25) is 0 Å². The molecule has 2 atom stereocenters. The van der Waals surface area contributed by atoms with Crippen molar-refractivity contribution in [2.75, 3.05) is 0 Å². The molecule has 3 rings (SSSR count). The normalized spacial score (nSPS) is 20.2. The lowest BCUT2D eigenvalue weighted by molar-refractivity contribution is 0.125. The third kappa shape index (κ3) is 1.99. The highest BCUT2D eigenvalue weighted by molar-refractivity contribution is 5.27. The van der Waals surface area contributed by atoms with Gasteiger partial charge in [0.1, 0.15) is 6.10 Å². The fourth-order valence-electron chi connectivity index (χ4n) is 2.60. The molecule has 4 heteroatoms. The van der Waals surface area contributed by atoms with E-state index in [1.54, 1.807) is 24.7 Å². The van der Waals surface area contributed by atoms with E-state index in [1.807, 2.05) is 6.07 Å². The average Bonchev–Trinajstić information content (AvgIpc) is 2.47. The van der Waals surface area contributed by atoms with Crippen LogP contribution in [0.25, 0.3) is 0 Å². The van der Waals surface area contributed by atoms with E-state index >= 15 is 0 Å². The number of aromatic nitrogens is 3. The van der Waals surface area contributed by atoms with Crippen molar-refractivity contribution < 1.29 is 5.11 Å². The number of hydrogen-bond acceptors (Lipinski definition) is 4. The topological polar surface area (TPSA) is 58.9 Å². The van der Waals surface area contributed by atoms with E-state index in [0.29, 0.717) is 5.82 Å². The molecular formula is C14H15N3O. The van der Waals surface area contributed by atoms with E-state index in [-0.39, 0.29) is 5.92 Å². The summed E-state index contributed by atoms with van der Waals surface area (Å²) in [5.41, 5.74) is 2.24. The molecule has 0 amide bonds. The molecule has 1 N–H and O–H groups in total. The lowest BCUT2D eigenvalue weighted by Gasteiger charge is -2.27. The molecule has 0 spiro atoms. The van der Waals surface area contributed by atoms with Crippen LogP contribution in [0.15, 0.2) is 36.8 Å². The van der Waals surface area contributed by atoms with E-state index in [4.69, 9.17) is 0 Å². The van der Waals surface area contributed by atoms with Gasteiger partial charge in [-0.25, -0.2) is 9.97 Å². The van der Waals surface area contributed by atoms with Gasteiger partial charge in [0.15, 0.2) is 5.82 Å². The molecule has 2 heterocycles. The van der Waals surface area contributed by atoms with Gasteiger partial charge in [0, 0.05) is 30.2 Å². The summed E-state index contributed by atoms with van der Waals surface area (Å²) < 4.78 is 0. The number of hydrogen-bond donors (Lipinski definition) is 1. The zero-order valence-corrected chi connectivity index (χ0v) is 10.0. The summed E-state index contributed by atoms with van der Waals surface area (Å²) in [4.78, 5) is 12.7. The van der Waals surface area contributed by atoms with Crippen LogP contribution >= 0.6 is 0 Å². The lowest BCUT2D eigenvalue weighted by Crippen LogP contribution is -2.20. The third-order valence-electron chi connectivity index (χ3n) is 3.47. The number of aliphatic hydroxyl groups excluding tert-OH is 1. The standard InChI is InChI=1S/C14H15N3O/c18-13(14-16-8-3-9-17-14)11-6-1-4-10-5-2-7-15-12(10)11/h2-3,5,7-9,11,13,18H,1,4,6H2. The summed E-state index contributed by atoms with van der Waals surface area (Å²) in [6.45, 7) is 0. The Labute approximate surface area is 106 Å². The molecule has 2 aromatic heterocycles. The molecule has 2 unspecified atom stereocenters. The number of aryl methyl sites for hydroxylation is 1. The fraction of sp³-hybridized carbons (Fsp3) is 0.357. The summed E-state index contributed by atoms with van der Waals surface area (Å²) in [7, 11) is 0. The Balaban J connectivity index is 1.94. The van der Waals surface area contributed by atoms with Crippen LogP contribution < -0.4 is 0 Å².